The Labute approximate surface area is 125 Å². The van der Waals surface area contributed by atoms with E-state index in [-0.39, 0.29) is 18.6 Å². The third-order valence-corrected chi connectivity index (χ3v) is 3.19. The number of anilines is 1. The Balaban J connectivity index is 3.00. The average molecular weight is 300 g/mol. The van der Waals surface area contributed by atoms with Gasteiger partial charge in [0.1, 0.15) is 5.82 Å². The van der Waals surface area contributed by atoms with E-state index in [0.29, 0.717) is 29.4 Å². The van der Waals surface area contributed by atoms with E-state index in [1.807, 2.05) is 20.8 Å². The van der Waals surface area contributed by atoms with Crippen LogP contribution >= 0.6 is 11.6 Å². The molecule has 0 aromatic carbocycles. The second-order valence-corrected chi connectivity index (χ2v) is 5.16. The molecule has 20 heavy (non-hydrogen) atoms. The van der Waals surface area contributed by atoms with Gasteiger partial charge in [0.05, 0.1) is 10.6 Å². The van der Waals surface area contributed by atoms with Crippen molar-refractivity contribution in [1.29, 1.82) is 0 Å². The number of carbonyl (C=O) groups excluding carboxylic acids is 1. The number of aromatic nitrogens is 1. The molecule has 0 aliphatic heterocycles. The first-order valence-corrected chi connectivity index (χ1v) is 7.20. The fourth-order valence-corrected chi connectivity index (χ4v) is 2.05. The molecule has 1 aromatic heterocycles. The zero-order valence-electron chi connectivity index (χ0n) is 12.2. The second-order valence-electron chi connectivity index (χ2n) is 4.75. The van der Waals surface area contributed by atoms with E-state index < -0.39 is 0 Å². The summed E-state index contributed by atoms with van der Waals surface area (Å²) in [5, 5.41) is 12.3. The molecule has 1 aromatic rings. The largest absolute Gasteiger partial charge is 0.396 e. The van der Waals surface area contributed by atoms with Gasteiger partial charge in [-0.3, -0.25) is 4.79 Å². The zero-order valence-corrected chi connectivity index (χ0v) is 12.9. The number of hydrogen-bond donors (Lipinski definition) is 2. The van der Waals surface area contributed by atoms with Crippen molar-refractivity contribution < 1.29 is 9.90 Å². The Bertz CT molecular complexity index is 452. The molecule has 0 aliphatic rings. The minimum atomic E-state index is -0.139. The molecular formula is C14H22ClN3O2. The molecular weight excluding hydrogens is 278 g/mol. The van der Waals surface area contributed by atoms with E-state index in [0.717, 1.165) is 6.54 Å². The Morgan fingerprint density at radius 3 is 2.80 bits per heavy atom. The van der Waals surface area contributed by atoms with Crippen LogP contribution in [-0.4, -0.2) is 46.6 Å². The predicted octanol–water partition coefficient (Wildman–Crippen LogP) is 2.40. The van der Waals surface area contributed by atoms with Gasteiger partial charge in [-0.25, -0.2) is 4.98 Å². The number of aliphatic hydroxyl groups excluding tert-OH is 1. The summed E-state index contributed by atoms with van der Waals surface area (Å²) in [4.78, 5) is 18.4. The number of aliphatic hydroxyl groups is 1. The van der Waals surface area contributed by atoms with Crippen LogP contribution in [0.1, 0.15) is 37.6 Å². The van der Waals surface area contributed by atoms with Crippen molar-refractivity contribution in [3.8, 4) is 0 Å². The van der Waals surface area contributed by atoms with Crippen molar-refractivity contribution in [1.82, 2.24) is 9.88 Å². The molecule has 112 valence electrons. The number of pyridine rings is 1. The summed E-state index contributed by atoms with van der Waals surface area (Å²) in [6.07, 6.45) is 2.03. The summed E-state index contributed by atoms with van der Waals surface area (Å²) in [7, 11) is 0. The molecule has 0 bridgehead atoms. The number of carbonyl (C=O) groups is 1. The third-order valence-electron chi connectivity index (χ3n) is 2.88. The second kappa shape index (κ2) is 8.07. The molecule has 0 saturated carbocycles. The number of amides is 1. The first kappa shape index (κ1) is 16.7. The van der Waals surface area contributed by atoms with E-state index in [9.17, 15) is 4.79 Å². The highest BCUT2D eigenvalue weighted by atomic mass is 35.5. The van der Waals surface area contributed by atoms with Crippen LogP contribution in [0.5, 0.6) is 0 Å². The van der Waals surface area contributed by atoms with Crippen LogP contribution in [0, 0.1) is 0 Å². The molecule has 0 radical (unpaired) electrons. The van der Waals surface area contributed by atoms with E-state index in [2.05, 4.69) is 10.3 Å². The van der Waals surface area contributed by atoms with Crippen molar-refractivity contribution >= 4 is 23.3 Å². The van der Waals surface area contributed by atoms with Crippen molar-refractivity contribution in [2.24, 2.45) is 0 Å². The van der Waals surface area contributed by atoms with Crippen LogP contribution in [0.2, 0.25) is 5.02 Å². The molecule has 5 nitrogen and oxygen atoms in total. The lowest BCUT2D eigenvalue weighted by Gasteiger charge is -2.27. The summed E-state index contributed by atoms with van der Waals surface area (Å²) >= 11 is 6.09. The highest BCUT2D eigenvalue weighted by Crippen LogP contribution is 2.21. The number of rotatable bonds is 7. The van der Waals surface area contributed by atoms with E-state index in [1.54, 1.807) is 11.0 Å². The number of nitrogens with one attached hydrogen (secondary N) is 1. The maximum atomic E-state index is 12.6. The molecule has 1 rings (SSSR count). The molecule has 0 saturated heterocycles. The maximum Gasteiger partial charge on any atom is 0.255 e. The predicted molar refractivity (Wildman–Crippen MR) is 81.3 cm³/mol. The third kappa shape index (κ3) is 4.35. The van der Waals surface area contributed by atoms with Gasteiger partial charge < -0.3 is 15.3 Å². The summed E-state index contributed by atoms with van der Waals surface area (Å²) in [6.45, 7) is 7.12. The van der Waals surface area contributed by atoms with Crippen LogP contribution in [0.15, 0.2) is 12.3 Å². The van der Waals surface area contributed by atoms with E-state index in [4.69, 9.17) is 16.7 Å². The summed E-state index contributed by atoms with van der Waals surface area (Å²) in [5.41, 5.74) is 0.434. The maximum absolute atomic E-state index is 12.6. The van der Waals surface area contributed by atoms with Crippen molar-refractivity contribution in [3.63, 3.8) is 0 Å². The molecule has 6 heteroatoms. The van der Waals surface area contributed by atoms with Crippen molar-refractivity contribution in [2.75, 3.05) is 25.0 Å². The van der Waals surface area contributed by atoms with Crippen molar-refractivity contribution in [2.45, 2.75) is 33.2 Å². The number of halogens is 1. The standard InChI is InChI=1S/C14H22ClN3O2/c1-4-16-13-8-11(12(15)9-17-13)14(20)18(10(2)3)6-5-7-19/h8-10,19H,4-7H2,1-3H3,(H,16,17). The fraction of sp³-hybridized carbons (Fsp3) is 0.571. The van der Waals surface area contributed by atoms with Crippen LogP contribution in [-0.2, 0) is 0 Å². The van der Waals surface area contributed by atoms with Crippen LogP contribution < -0.4 is 5.32 Å². The SMILES string of the molecule is CCNc1cc(C(=O)N(CCCO)C(C)C)c(Cl)cn1. The first-order chi connectivity index (χ1) is 9.51. The Morgan fingerprint density at radius 2 is 2.25 bits per heavy atom. The minimum Gasteiger partial charge on any atom is -0.396 e. The molecule has 0 spiro atoms. The van der Waals surface area contributed by atoms with Crippen LogP contribution in [0.4, 0.5) is 5.82 Å². The topological polar surface area (TPSA) is 65.5 Å². The molecule has 1 amide bonds. The Morgan fingerprint density at radius 1 is 1.55 bits per heavy atom. The van der Waals surface area contributed by atoms with Gasteiger partial charge in [0.2, 0.25) is 0 Å². The van der Waals surface area contributed by atoms with Crippen LogP contribution in [0.25, 0.3) is 0 Å². The molecule has 0 fully saturated rings. The molecule has 0 unspecified atom stereocenters. The normalized spacial score (nSPS) is 10.7. The molecule has 1 heterocycles. The van der Waals surface area contributed by atoms with Gasteiger partial charge >= 0.3 is 0 Å². The first-order valence-electron chi connectivity index (χ1n) is 6.82. The lowest BCUT2D eigenvalue weighted by molar-refractivity contribution is 0.0693. The minimum absolute atomic E-state index is 0.0425. The van der Waals surface area contributed by atoms with Gasteiger partial charge in [-0.1, -0.05) is 11.6 Å². The van der Waals surface area contributed by atoms with E-state index in [1.165, 1.54) is 6.20 Å². The quantitative estimate of drug-likeness (QED) is 0.811. The van der Waals surface area contributed by atoms with Crippen molar-refractivity contribution in [3.05, 3.63) is 22.8 Å². The lowest BCUT2D eigenvalue weighted by atomic mass is 10.2. The zero-order chi connectivity index (χ0) is 15.1. The Kier molecular flexibility index (Phi) is 6.75. The summed E-state index contributed by atoms with van der Waals surface area (Å²) in [6, 6.07) is 1.71. The van der Waals surface area contributed by atoms with E-state index >= 15 is 0 Å². The molecule has 0 aliphatic carbocycles. The lowest BCUT2D eigenvalue weighted by Crippen LogP contribution is -2.38. The highest BCUT2D eigenvalue weighted by Gasteiger charge is 2.21. The van der Waals surface area contributed by atoms with Gasteiger partial charge in [0.25, 0.3) is 5.91 Å². The fourth-order valence-electron chi connectivity index (χ4n) is 1.87. The van der Waals surface area contributed by atoms with Gasteiger partial charge in [-0.05, 0) is 33.3 Å². The number of hydrogen-bond acceptors (Lipinski definition) is 4. The number of nitrogens with zero attached hydrogens (tertiary/aromatic N) is 2. The molecule has 0 atom stereocenters. The van der Waals surface area contributed by atoms with Crippen LogP contribution in [0.3, 0.4) is 0 Å². The Hall–Kier alpha value is -1.33. The highest BCUT2D eigenvalue weighted by molar-refractivity contribution is 6.33. The average Bonchev–Trinajstić information content (AvgIpc) is 2.41. The molecule has 2 N–H and O–H groups in total. The summed E-state index contributed by atoms with van der Waals surface area (Å²) < 4.78 is 0. The van der Waals surface area contributed by atoms with Gasteiger partial charge in [0, 0.05) is 31.9 Å². The van der Waals surface area contributed by atoms with Gasteiger partial charge in [-0.15, -0.1) is 0 Å². The van der Waals surface area contributed by atoms with Gasteiger partial charge in [0.15, 0.2) is 0 Å². The smallest absolute Gasteiger partial charge is 0.255 e. The van der Waals surface area contributed by atoms with Gasteiger partial charge in [-0.2, -0.15) is 0 Å². The summed E-state index contributed by atoms with van der Waals surface area (Å²) in [5.74, 6) is 0.492. The monoisotopic (exact) mass is 299 g/mol.